The van der Waals surface area contributed by atoms with Gasteiger partial charge < -0.3 is 48.0 Å². The second-order valence-electron chi connectivity index (χ2n) is 10.3. The van der Waals surface area contributed by atoms with Gasteiger partial charge in [-0.2, -0.15) is 0 Å². The molecular formula is C34H36I2N4O2. The molecule has 0 aliphatic carbocycles. The van der Waals surface area contributed by atoms with Gasteiger partial charge in [0, 0.05) is 22.3 Å². The number of carbonyl (C=O) groups is 2. The normalized spacial score (nSPS) is 10.5. The Bertz CT molecular complexity index is 1480. The minimum absolute atomic E-state index is 0. The van der Waals surface area contributed by atoms with E-state index in [0.29, 0.717) is 24.2 Å². The van der Waals surface area contributed by atoms with Gasteiger partial charge in [-0.05, 0) is 47.2 Å². The van der Waals surface area contributed by atoms with Gasteiger partial charge in [0.1, 0.15) is 50.4 Å². The van der Waals surface area contributed by atoms with Crippen molar-refractivity contribution >= 4 is 12.6 Å². The number of nitrogens with zero attached hydrogens (tertiary/aromatic N) is 4. The molecule has 2 aromatic heterocycles. The van der Waals surface area contributed by atoms with Gasteiger partial charge in [0.2, 0.25) is 12.7 Å². The van der Waals surface area contributed by atoms with Crippen LogP contribution in [-0.2, 0) is 26.2 Å². The monoisotopic (exact) mass is 786 g/mol. The lowest BCUT2D eigenvalue weighted by molar-refractivity contribution is -0.688. The molecule has 0 spiro atoms. The fraction of sp³-hybridized carbons (Fsp3) is 0.235. The van der Waals surface area contributed by atoms with E-state index >= 15 is 0 Å². The highest BCUT2D eigenvalue weighted by Gasteiger charge is 2.18. The number of aromatic nitrogens is 4. The second kappa shape index (κ2) is 15.9. The van der Waals surface area contributed by atoms with Crippen LogP contribution in [0.2, 0.25) is 0 Å². The Morgan fingerprint density at radius 2 is 1.00 bits per heavy atom. The molecule has 3 aromatic carbocycles. The average molecular weight is 786 g/mol. The van der Waals surface area contributed by atoms with Crippen LogP contribution in [0.5, 0.6) is 0 Å². The summed E-state index contributed by atoms with van der Waals surface area (Å²) in [6.45, 7) is 7.74. The molecular weight excluding hydrogens is 750 g/mol. The third kappa shape index (κ3) is 8.03. The molecule has 0 fully saturated rings. The lowest BCUT2D eigenvalue weighted by Crippen LogP contribution is -3.00. The highest BCUT2D eigenvalue weighted by molar-refractivity contribution is 5.81. The van der Waals surface area contributed by atoms with E-state index in [-0.39, 0.29) is 48.0 Å². The number of halogens is 2. The first-order valence-corrected chi connectivity index (χ1v) is 14.0. The number of carbonyl (C=O) groups excluding carboxylic acids is 2. The van der Waals surface area contributed by atoms with Crippen molar-refractivity contribution in [1.29, 1.82) is 0 Å². The van der Waals surface area contributed by atoms with Crippen LogP contribution >= 0.6 is 0 Å². The van der Waals surface area contributed by atoms with Gasteiger partial charge in [-0.25, -0.2) is 18.3 Å². The van der Waals surface area contributed by atoms with Crippen LogP contribution < -0.4 is 57.1 Å². The first-order valence-electron chi connectivity index (χ1n) is 14.0. The van der Waals surface area contributed by atoms with Gasteiger partial charge in [-0.3, -0.25) is 9.59 Å². The number of hydrogen-bond acceptors (Lipinski definition) is 2. The predicted octanol–water partition coefficient (Wildman–Crippen LogP) is -0.252. The predicted molar refractivity (Wildman–Crippen MR) is 156 cm³/mol. The Balaban J connectivity index is 0.00000242. The van der Waals surface area contributed by atoms with Crippen molar-refractivity contribution in [2.45, 2.75) is 52.9 Å². The summed E-state index contributed by atoms with van der Waals surface area (Å²) in [4.78, 5) is 22.7. The maximum absolute atomic E-state index is 11.3. The molecule has 0 saturated heterocycles. The topological polar surface area (TPSA) is 51.8 Å². The standard InChI is InChI=1S/C34H36N4O2.2HI/c1-3-13-35-15-17-37(25-35)21-31-19-34(30-11-7-28(24-40)8-12-30)32(22-38-18-16-36(26-38)14-4-2)20-33(31)29-9-5-27(23-39)6-10-29;;/h5-12,15-20,23-26H,3-4,13-14,21-22H2,1-2H3;2*1H/q+2;;/p-2. The van der Waals surface area contributed by atoms with Crippen molar-refractivity contribution in [3.63, 3.8) is 0 Å². The van der Waals surface area contributed by atoms with Crippen LogP contribution in [0.25, 0.3) is 22.3 Å². The summed E-state index contributed by atoms with van der Waals surface area (Å²) >= 11 is 0. The SMILES string of the molecule is CCCn1cc[n+](Cc2cc(-c3ccc(C=O)cc3)c(C[n+]3ccn(CCC)c3)cc2-c2ccc(C=O)cc2)c1.[I-].[I-]. The Morgan fingerprint density at radius 3 is 1.33 bits per heavy atom. The fourth-order valence-corrected chi connectivity index (χ4v) is 5.21. The Labute approximate surface area is 282 Å². The molecule has 2 heterocycles. The summed E-state index contributed by atoms with van der Waals surface area (Å²) in [6.07, 6.45) is 16.7. The zero-order valence-corrected chi connectivity index (χ0v) is 28.3. The minimum Gasteiger partial charge on any atom is -1.00 e. The van der Waals surface area contributed by atoms with Crippen molar-refractivity contribution in [3.05, 3.63) is 120 Å². The molecule has 0 amide bonds. The van der Waals surface area contributed by atoms with Gasteiger partial charge in [-0.1, -0.05) is 62.4 Å². The summed E-state index contributed by atoms with van der Waals surface area (Å²) < 4.78 is 8.85. The fourth-order valence-electron chi connectivity index (χ4n) is 5.21. The molecule has 0 aliphatic rings. The van der Waals surface area contributed by atoms with Crippen molar-refractivity contribution in [1.82, 2.24) is 9.13 Å². The molecule has 5 aromatic rings. The van der Waals surface area contributed by atoms with E-state index in [0.717, 1.165) is 60.8 Å². The summed E-state index contributed by atoms with van der Waals surface area (Å²) in [6, 6.07) is 20.2. The molecule has 0 radical (unpaired) electrons. The number of aryl methyl sites for hydroxylation is 2. The highest BCUT2D eigenvalue weighted by atomic mass is 127. The number of aldehydes is 2. The molecule has 6 nitrogen and oxygen atoms in total. The van der Waals surface area contributed by atoms with Gasteiger partial charge in [-0.15, -0.1) is 0 Å². The maximum atomic E-state index is 11.3. The number of hydrogen-bond donors (Lipinski definition) is 0. The van der Waals surface area contributed by atoms with E-state index in [2.05, 4.69) is 81.7 Å². The van der Waals surface area contributed by atoms with E-state index in [1.165, 1.54) is 11.1 Å². The lowest BCUT2D eigenvalue weighted by atomic mass is 9.90. The number of rotatable bonds is 12. The number of imidazole rings is 2. The van der Waals surface area contributed by atoms with Crippen LogP contribution in [0.1, 0.15) is 58.5 Å². The molecule has 0 atom stereocenters. The number of benzene rings is 3. The first kappa shape index (κ1) is 33.4. The van der Waals surface area contributed by atoms with Crippen molar-refractivity contribution in [2.24, 2.45) is 0 Å². The van der Waals surface area contributed by atoms with Gasteiger partial charge in [0.15, 0.2) is 0 Å². The van der Waals surface area contributed by atoms with E-state index in [9.17, 15) is 9.59 Å². The largest absolute Gasteiger partial charge is 1.00 e. The summed E-state index contributed by atoms with van der Waals surface area (Å²) in [5.74, 6) is 0. The third-order valence-corrected chi connectivity index (χ3v) is 7.21. The minimum atomic E-state index is 0. The highest BCUT2D eigenvalue weighted by Crippen LogP contribution is 2.33. The van der Waals surface area contributed by atoms with E-state index < -0.39 is 0 Å². The van der Waals surface area contributed by atoms with Gasteiger partial charge in [0.05, 0.1) is 13.1 Å². The average Bonchev–Trinajstić information content (AvgIpc) is 3.63. The van der Waals surface area contributed by atoms with E-state index in [1.807, 2.05) is 48.5 Å². The molecule has 42 heavy (non-hydrogen) atoms. The molecule has 0 bridgehead atoms. The molecule has 0 unspecified atom stereocenters. The lowest BCUT2D eigenvalue weighted by Gasteiger charge is -2.16. The van der Waals surface area contributed by atoms with Crippen LogP contribution in [-0.4, -0.2) is 21.7 Å². The molecule has 8 heteroatoms. The van der Waals surface area contributed by atoms with Crippen LogP contribution in [0.4, 0.5) is 0 Å². The molecule has 5 rings (SSSR count). The first-order chi connectivity index (χ1) is 19.6. The van der Waals surface area contributed by atoms with Gasteiger partial charge >= 0.3 is 0 Å². The van der Waals surface area contributed by atoms with Crippen molar-refractivity contribution in [3.8, 4) is 22.3 Å². The van der Waals surface area contributed by atoms with E-state index in [1.54, 1.807) is 0 Å². The van der Waals surface area contributed by atoms with Crippen LogP contribution in [0.3, 0.4) is 0 Å². The van der Waals surface area contributed by atoms with Crippen molar-refractivity contribution in [2.75, 3.05) is 0 Å². The van der Waals surface area contributed by atoms with Crippen LogP contribution in [0.15, 0.2) is 98.1 Å². The molecule has 0 saturated carbocycles. The molecule has 0 aliphatic heterocycles. The molecule has 218 valence electrons. The third-order valence-electron chi connectivity index (χ3n) is 7.21. The van der Waals surface area contributed by atoms with E-state index in [4.69, 9.17) is 0 Å². The Morgan fingerprint density at radius 1 is 0.619 bits per heavy atom. The second-order valence-corrected chi connectivity index (χ2v) is 10.3. The molecule has 0 N–H and O–H groups in total. The summed E-state index contributed by atoms with van der Waals surface area (Å²) in [5.41, 5.74) is 8.14. The Hall–Kier alpha value is -3.12. The zero-order chi connectivity index (χ0) is 27.9. The smallest absolute Gasteiger partial charge is 0.244 e. The maximum Gasteiger partial charge on any atom is 0.244 e. The summed E-state index contributed by atoms with van der Waals surface area (Å²) in [7, 11) is 0. The summed E-state index contributed by atoms with van der Waals surface area (Å²) in [5, 5.41) is 0. The Kier molecular flexibility index (Phi) is 12.7. The quantitative estimate of drug-likeness (QED) is 0.0997. The van der Waals surface area contributed by atoms with Gasteiger partial charge in [0.25, 0.3) is 0 Å². The zero-order valence-electron chi connectivity index (χ0n) is 24.0. The van der Waals surface area contributed by atoms with Crippen molar-refractivity contribution < 1.29 is 66.7 Å². The van der Waals surface area contributed by atoms with Crippen LogP contribution in [0, 0.1) is 0 Å².